The van der Waals surface area contributed by atoms with Crippen molar-refractivity contribution >= 4 is 0 Å². The second kappa shape index (κ2) is 13.3. The lowest BCUT2D eigenvalue weighted by Crippen LogP contribution is -2.07. The van der Waals surface area contributed by atoms with E-state index in [2.05, 4.69) is 31.2 Å². The fourth-order valence-corrected chi connectivity index (χ4v) is 4.04. The Bertz CT molecular complexity index is 996. The van der Waals surface area contributed by atoms with E-state index in [9.17, 15) is 13.2 Å². The second-order valence-corrected chi connectivity index (χ2v) is 9.10. The molecule has 3 rings (SSSR count). The Balaban J connectivity index is 1.42. The number of aryl methyl sites for hydroxylation is 2. The van der Waals surface area contributed by atoms with Crippen molar-refractivity contribution in [3.63, 3.8) is 0 Å². The Morgan fingerprint density at radius 3 is 1.83 bits per heavy atom. The van der Waals surface area contributed by atoms with Crippen LogP contribution in [0.15, 0.2) is 72.8 Å². The summed E-state index contributed by atoms with van der Waals surface area (Å²) in [7, 11) is 0. The number of benzene rings is 3. The lowest BCUT2D eigenvalue weighted by atomic mass is 9.97. The van der Waals surface area contributed by atoms with Crippen LogP contribution in [0.4, 0.5) is 13.2 Å². The molecule has 0 bridgehead atoms. The number of halogens is 3. The zero-order chi connectivity index (χ0) is 25.1. The molecule has 1 radical (unpaired) electrons. The van der Waals surface area contributed by atoms with E-state index in [0.29, 0.717) is 12.0 Å². The van der Waals surface area contributed by atoms with Crippen LogP contribution in [0.25, 0.3) is 0 Å². The summed E-state index contributed by atoms with van der Waals surface area (Å²) in [5, 5.41) is 0. The van der Waals surface area contributed by atoms with Crippen LogP contribution in [-0.2, 0) is 25.4 Å². The first kappa shape index (κ1) is 26.8. The quantitative estimate of drug-likeness (QED) is 0.225. The molecule has 1 atom stereocenters. The van der Waals surface area contributed by atoms with Crippen LogP contribution in [0.5, 0.6) is 5.75 Å². The molecule has 0 aliphatic rings. The first-order valence-electron chi connectivity index (χ1n) is 12.5. The molecule has 5 heteroatoms. The highest BCUT2D eigenvalue weighted by Gasteiger charge is 2.30. The molecule has 1 unspecified atom stereocenters. The summed E-state index contributed by atoms with van der Waals surface area (Å²) in [6, 6.07) is 20.8. The molecule has 0 saturated heterocycles. The zero-order valence-electron chi connectivity index (χ0n) is 20.4. The van der Waals surface area contributed by atoms with Crippen molar-refractivity contribution in [3.8, 4) is 5.75 Å². The van der Waals surface area contributed by atoms with Gasteiger partial charge in [-0.15, -0.1) is 0 Å². The van der Waals surface area contributed by atoms with Crippen LogP contribution in [0.1, 0.15) is 72.9 Å². The highest BCUT2D eigenvalue weighted by Crippen LogP contribution is 2.30. The van der Waals surface area contributed by atoms with Gasteiger partial charge in [-0.25, -0.2) is 5.73 Å². The molecule has 0 saturated carbocycles. The SMILES string of the molecule is CCCCCCCOc1ccc(CCc2ccc(CC([NH])c3ccc(C(F)(F)F)cc3)cc2)cc1. The zero-order valence-corrected chi connectivity index (χ0v) is 20.4. The van der Waals surface area contributed by atoms with Crippen molar-refractivity contribution in [1.29, 1.82) is 0 Å². The van der Waals surface area contributed by atoms with Crippen LogP contribution in [0, 0.1) is 0 Å². The number of hydrogen-bond acceptors (Lipinski definition) is 1. The molecule has 0 aliphatic heterocycles. The van der Waals surface area contributed by atoms with E-state index in [1.807, 2.05) is 24.3 Å². The van der Waals surface area contributed by atoms with Gasteiger partial charge in [-0.05, 0) is 72.2 Å². The smallest absolute Gasteiger partial charge is 0.416 e. The van der Waals surface area contributed by atoms with Crippen LogP contribution in [0.2, 0.25) is 0 Å². The minimum absolute atomic E-state index is 0.464. The van der Waals surface area contributed by atoms with E-state index < -0.39 is 17.8 Å². The minimum Gasteiger partial charge on any atom is -0.494 e. The van der Waals surface area contributed by atoms with Crippen molar-refractivity contribution in [2.75, 3.05) is 6.61 Å². The number of ether oxygens (including phenoxy) is 1. The maximum Gasteiger partial charge on any atom is 0.416 e. The molecule has 35 heavy (non-hydrogen) atoms. The van der Waals surface area contributed by atoms with Crippen LogP contribution in [-0.4, -0.2) is 6.61 Å². The predicted molar refractivity (Wildman–Crippen MR) is 136 cm³/mol. The molecular weight excluding hydrogens is 447 g/mol. The first-order chi connectivity index (χ1) is 16.8. The van der Waals surface area contributed by atoms with Gasteiger partial charge in [0, 0.05) is 0 Å². The van der Waals surface area contributed by atoms with E-state index in [-0.39, 0.29) is 0 Å². The van der Waals surface area contributed by atoms with Crippen molar-refractivity contribution in [3.05, 3.63) is 101 Å². The third-order valence-corrected chi connectivity index (χ3v) is 6.25. The van der Waals surface area contributed by atoms with Gasteiger partial charge >= 0.3 is 6.18 Å². The number of nitrogens with one attached hydrogen (secondary N) is 1. The fraction of sp³-hybridized carbons (Fsp3) is 0.400. The molecule has 0 spiro atoms. The number of alkyl halides is 3. The molecule has 3 aromatic carbocycles. The van der Waals surface area contributed by atoms with Gasteiger partial charge in [-0.2, -0.15) is 13.2 Å². The Labute approximate surface area is 207 Å². The van der Waals surface area contributed by atoms with Crippen LogP contribution >= 0.6 is 0 Å². The minimum atomic E-state index is -4.35. The first-order valence-corrected chi connectivity index (χ1v) is 12.5. The molecule has 187 valence electrons. The average Bonchev–Trinajstić information content (AvgIpc) is 2.86. The van der Waals surface area contributed by atoms with E-state index in [4.69, 9.17) is 10.5 Å². The van der Waals surface area contributed by atoms with Gasteiger partial charge in [0.1, 0.15) is 5.75 Å². The van der Waals surface area contributed by atoms with Gasteiger partial charge in [0.15, 0.2) is 0 Å². The van der Waals surface area contributed by atoms with E-state index >= 15 is 0 Å². The van der Waals surface area contributed by atoms with Gasteiger partial charge in [0.2, 0.25) is 0 Å². The lowest BCUT2D eigenvalue weighted by Gasteiger charge is -2.13. The lowest BCUT2D eigenvalue weighted by molar-refractivity contribution is -0.137. The molecule has 0 aromatic heterocycles. The normalized spacial score (nSPS) is 12.5. The fourth-order valence-electron chi connectivity index (χ4n) is 4.04. The Kier molecular flexibility index (Phi) is 10.2. The van der Waals surface area contributed by atoms with Gasteiger partial charge in [0.25, 0.3) is 0 Å². The highest BCUT2D eigenvalue weighted by molar-refractivity contribution is 5.31. The molecule has 1 N–H and O–H groups in total. The van der Waals surface area contributed by atoms with E-state index in [1.54, 1.807) is 0 Å². The Morgan fingerprint density at radius 1 is 0.714 bits per heavy atom. The topological polar surface area (TPSA) is 33.0 Å². The average molecular weight is 483 g/mol. The molecular formula is C30H35F3NO. The molecule has 0 heterocycles. The standard InChI is InChI=1S/C30H35F3NO/c1-2-3-4-5-6-21-35-28-19-13-24(14-20-28)8-7-23-9-11-25(12-10-23)22-29(34)26-15-17-27(18-16-26)30(31,32)33/h9-20,29,34H,2-8,21-22H2,1H3. The van der Waals surface area contributed by atoms with Crippen molar-refractivity contribution < 1.29 is 17.9 Å². The number of hydrogen-bond donors (Lipinski definition) is 0. The van der Waals surface area contributed by atoms with Crippen molar-refractivity contribution in [2.24, 2.45) is 0 Å². The predicted octanol–water partition coefficient (Wildman–Crippen LogP) is 8.41. The Morgan fingerprint density at radius 2 is 1.26 bits per heavy atom. The summed E-state index contributed by atoms with van der Waals surface area (Å²) < 4.78 is 44.0. The van der Waals surface area contributed by atoms with Gasteiger partial charge in [-0.1, -0.05) is 81.1 Å². The third-order valence-electron chi connectivity index (χ3n) is 6.25. The molecule has 0 aliphatic carbocycles. The molecule has 3 aromatic rings. The largest absolute Gasteiger partial charge is 0.494 e. The van der Waals surface area contributed by atoms with Crippen LogP contribution < -0.4 is 10.5 Å². The molecule has 0 fully saturated rings. The Hall–Kier alpha value is -2.79. The monoisotopic (exact) mass is 482 g/mol. The van der Waals surface area contributed by atoms with Crippen molar-refractivity contribution in [2.45, 2.75) is 70.5 Å². The summed E-state index contributed by atoms with van der Waals surface area (Å²) in [6.45, 7) is 2.99. The summed E-state index contributed by atoms with van der Waals surface area (Å²) in [4.78, 5) is 0. The van der Waals surface area contributed by atoms with Gasteiger partial charge < -0.3 is 4.74 Å². The third kappa shape index (κ3) is 9.06. The summed E-state index contributed by atoms with van der Waals surface area (Å²) in [5.41, 5.74) is 11.7. The van der Waals surface area contributed by atoms with Crippen LogP contribution in [0.3, 0.4) is 0 Å². The summed E-state index contributed by atoms with van der Waals surface area (Å²) in [6.07, 6.45) is 4.12. The summed E-state index contributed by atoms with van der Waals surface area (Å²) >= 11 is 0. The van der Waals surface area contributed by atoms with Crippen molar-refractivity contribution in [1.82, 2.24) is 5.73 Å². The van der Waals surface area contributed by atoms with Gasteiger partial charge in [0.05, 0.1) is 18.2 Å². The number of unbranched alkanes of at least 4 members (excludes halogenated alkanes) is 4. The van der Waals surface area contributed by atoms with E-state index in [1.165, 1.54) is 48.9 Å². The van der Waals surface area contributed by atoms with E-state index in [0.717, 1.165) is 49.3 Å². The second-order valence-electron chi connectivity index (χ2n) is 9.10. The summed E-state index contributed by atoms with van der Waals surface area (Å²) in [5.74, 6) is 0.923. The maximum absolute atomic E-state index is 12.7. The maximum atomic E-state index is 12.7. The molecule has 2 nitrogen and oxygen atoms in total. The highest BCUT2D eigenvalue weighted by atomic mass is 19.4. The van der Waals surface area contributed by atoms with Gasteiger partial charge in [-0.3, -0.25) is 0 Å². The molecule has 0 amide bonds. The number of rotatable bonds is 13.